The largest absolute Gasteiger partial charge is 0.444 e. The highest BCUT2D eigenvalue weighted by Gasteiger charge is 2.58. The molecule has 1 N–H and O–H groups in total. The highest BCUT2D eigenvalue weighted by molar-refractivity contribution is 5.89. The van der Waals surface area contributed by atoms with Crippen molar-refractivity contribution in [3.05, 3.63) is 47.0 Å². The predicted octanol–water partition coefficient (Wildman–Crippen LogP) is 4.45. The third-order valence-corrected chi connectivity index (χ3v) is 6.64. The van der Waals surface area contributed by atoms with Crippen LogP contribution >= 0.6 is 0 Å². The summed E-state index contributed by atoms with van der Waals surface area (Å²) in [5, 5.41) is 2.81. The Balaban J connectivity index is 1.52. The van der Waals surface area contributed by atoms with Crippen molar-refractivity contribution in [2.75, 3.05) is 0 Å². The molecule has 1 spiro atoms. The van der Waals surface area contributed by atoms with E-state index < -0.39 is 28.8 Å². The van der Waals surface area contributed by atoms with Gasteiger partial charge in [0.15, 0.2) is 0 Å². The number of fused-ring (bicyclic) bond motifs is 2. The van der Waals surface area contributed by atoms with Gasteiger partial charge in [0, 0.05) is 12.6 Å². The Morgan fingerprint density at radius 1 is 1.23 bits per heavy atom. The number of nitrogens with zero attached hydrogens (tertiary/aromatic N) is 1. The number of alkyl carbamates (subject to hydrolysis) is 1. The lowest BCUT2D eigenvalue weighted by Crippen LogP contribution is -2.41. The van der Waals surface area contributed by atoms with E-state index in [1.165, 1.54) is 6.07 Å². The van der Waals surface area contributed by atoms with Crippen LogP contribution in [0.5, 0.6) is 0 Å². The number of halogens is 3. The summed E-state index contributed by atoms with van der Waals surface area (Å²) in [4.78, 5) is 27.3. The molecule has 2 heterocycles. The second kappa shape index (κ2) is 7.00. The first kappa shape index (κ1) is 21.7. The summed E-state index contributed by atoms with van der Waals surface area (Å²) in [6.45, 7) is 7.52. The van der Waals surface area contributed by atoms with Crippen molar-refractivity contribution in [2.45, 2.75) is 70.9 Å². The Kier molecular flexibility index (Phi) is 4.90. The molecule has 0 saturated carbocycles. The molecule has 0 radical (unpaired) electrons. The lowest BCUT2D eigenvalue weighted by molar-refractivity contribution is -0.137. The van der Waals surface area contributed by atoms with Crippen LogP contribution in [0, 0.1) is 11.3 Å². The molecule has 4 rings (SSSR count). The summed E-state index contributed by atoms with van der Waals surface area (Å²) in [5.41, 5.74) is -0.673. The number of ether oxygens (including phenoxy) is 1. The molecule has 168 valence electrons. The molecule has 0 bridgehead atoms. The monoisotopic (exact) mass is 436 g/mol. The number of hydrogen-bond donors (Lipinski definition) is 1. The van der Waals surface area contributed by atoms with Gasteiger partial charge in [0.1, 0.15) is 5.60 Å². The fourth-order valence-corrected chi connectivity index (χ4v) is 5.10. The van der Waals surface area contributed by atoms with Gasteiger partial charge in [-0.25, -0.2) is 4.79 Å². The zero-order chi connectivity index (χ0) is 22.8. The van der Waals surface area contributed by atoms with Gasteiger partial charge in [-0.2, -0.15) is 13.2 Å². The molecule has 1 fully saturated rings. The maximum absolute atomic E-state index is 13.4. The number of amides is 2. The van der Waals surface area contributed by atoms with Crippen molar-refractivity contribution >= 4 is 12.0 Å². The van der Waals surface area contributed by atoms with Crippen molar-refractivity contribution < 1.29 is 27.5 Å². The predicted molar refractivity (Wildman–Crippen MR) is 108 cm³/mol. The molecule has 2 amide bonds. The third-order valence-electron chi connectivity index (χ3n) is 6.64. The third kappa shape index (κ3) is 3.81. The van der Waals surface area contributed by atoms with E-state index in [9.17, 15) is 22.8 Å². The van der Waals surface area contributed by atoms with Crippen molar-refractivity contribution in [1.29, 1.82) is 0 Å². The fourth-order valence-electron chi connectivity index (χ4n) is 5.10. The molecule has 5 nitrogen and oxygen atoms in total. The number of nitrogens with one attached hydrogen (secondary N) is 1. The Morgan fingerprint density at radius 2 is 1.94 bits per heavy atom. The Morgan fingerprint density at radius 3 is 2.58 bits per heavy atom. The molecule has 2 aliphatic heterocycles. The topological polar surface area (TPSA) is 58.6 Å². The van der Waals surface area contributed by atoms with Crippen molar-refractivity contribution in [2.24, 2.45) is 11.3 Å². The second-order valence-electron chi connectivity index (χ2n) is 9.83. The molecule has 1 aromatic rings. The smallest absolute Gasteiger partial charge is 0.416 e. The van der Waals surface area contributed by atoms with Crippen LogP contribution < -0.4 is 5.32 Å². The van der Waals surface area contributed by atoms with Crippen molar-refractivity contribution in [1.82, 2.24) is 10.2 Å². The van der Waals surface area contributed by atoms with Gasteiger partial charge in [-0.05, 0) is 62.8 Å². The minimum atomic E-state index is -4.41. The molecule has 3 aliphatic rings. The van der Waals surface area contributed by atoms with Crippen LogP contribution in [0.3, 0.4) is 0 Å². The molecule has 1 saturated heterocycles. The van der Waals surface area contributed by atoms with Gasteiger partial charge in [0.2, 0.25) is 5.91 Å². The standard InChI is InChI=1S/C23H27F3N2O3/c1-13-18-10-14-5-6-16(23(24,25)26)9-15(14)12-28(18)19(29)22(13)8-7-17(11-22)27-20(30)31-21(2,3)4/h5-9,13,17-18H,10-12H2,1-4H3,(H,27,30)/t13?,17-,18?,22+/m1/s1. The van der Waals surface area contributed by atoms with E-state index >= 15 is 0 Å². The van der Waals surface area contributed by atoms with Gasteiger partial charge in [-0.15, -0.1) is 0 Å². The summed E-state index contributed by atoms with van der Waals surface area (Å²) < 4.78 is 44.7. The molecule has 31 heavy (non-hydrogen) atoms. The van der Waals surface area contributed by atoms with Gasteiger partial charge < -0.3 is 15.0 Å². The van der Waals surface area contributed by atoms with Gasteiger partial charge in [-0.3, -0.25) is 4.79 Å². The zero-order valence-corrected chi connectivity index (χ0v) is 18.0. The molecule has 0 aromatic heterocycles. The molecular weight excluding hydrogens is 409 g/mol. The van der Waals surface area contributed by atoms with E-state index in [0.29, 0.717) is 18.4 Å². The minimum absolute atomic E-state index is 0.0304. The molecule has 2 unspecified atom stereocenters. The number of alkyl halides is 3. The molecular formula is C23H27F3N2O3. The van der Waals surface area contributed by atoms with E-state index in [2.05, 4.69) is 5.32 Å². The van der Waals surface area contributed by atoms with Crippen LogP contribution in [0.1, 0.15) is 50.8 Å². The summed E-state index contributed by atoms with van der Waals surface area (Å²) in [6.07, 6.45) is -0.312. The molecule has 1 aromatic carbocycles. The summed E-state index contributed by atoms with van der Waals surface area (Å²) in [7, 11) is 0. The molecule has 8 heteroatoms. The number of carbonyl (C=O) groups excluding carboxylic acids is 2. The van der Waals surface area contributed by atoms with Crippen LogP contribution in [0.15, 0.2) is 30.4 Å². The molecule has 1 aliphatic carbocycles. The van der Waals surface area contributed by atoms with Crippen molar-refractivity contribution in [3.63, 3.8) is 0 Å². The quantitative estimate of drug-likeness (QED) is 0.662. The van der Waals surface area contributed by atoms with E-state index in [1.54, 1.807) is 25.7 Å². The van der Waals surface area contributed by atoms with Crippen molar-refractivity contribution in [3.8, 4) is 0 Å². The zero-order valence-electron chi connectivity index (χ0n) is 18.0. The first-order valence-corrected chi connectivity index (χ1v) is 10.5. The molecule has 4 atom stereocenters. The second-order valence-corrected chi connectivity index (χ2v) is 9.83. The van der Waals surface area contributed by atoms with Crippen LogP contribution in [0.25, 0.3) is 0 Å². The first-order valence-electron chi connectivity index (χ1n) is 10.5. The summed E-state index contributed by atoms with van der Waals surface area (Å²) in [6, 6.07) is 3.39. The van der Waals surface area contributed by atoms with E-state index in [0.717, 1.165) is 17.7 Å². The Hall–Kier alpha value is -2.51. The average molecular weight is 436 g/mol. The van der Waals surface area contributed by atoms with E-state index in [4.69, 9.17) is 4.74 Å². The van der Waals surface area contributed by atoms with Gasteiger partial charge in [0.05, 0.1) is 17.0 Å². The van der Waals surface area contributed by atoms with Crippen LogP contribution in [0.2, 0.25) is 0 Å². The Bertz CT molecular complexity index is 950. The van der Waals surface area contributed by atoms with Gasteiger partial charge in [-0.1, -0.05) is 25.1 Å². The van der Waals surface area contributed by atoms with Crippen LogP contribution in [-0.2, 0) is 28.7 Å². The maximum Gasteiger partial charge on any atom is 0.416 e. The lowest BCUT2D eigenvalue weighted by atomic mass is 9.74. The summed E-state index contributed by atoms with van der Waals surface area (Å²) in [5.74, 6) is -0.116. The SMILES string of the molecule is CC1C2Cc3ccc(C(F)(F)F)cc3CN2C(=O)[C@]12C=C[C@@H](NC(=O)OC(C)(C)C)C2. The highest BCUT2D eigenvalue weighted by Crippen LogP contribution is 2.51. The Labute approximate surface area is 179 Å². The number of benzene rings is 1. The summed E-state index contributed by atoms with van der Waals surface area (Å²) >= 11 is 0. The maximum atomic E-state index is 13.4. The minimum Gasteiger partial charge on any atom is -0.444 e. The number of rotatable bonds is 1. The number of hydrogen-bond acceptors (Lipinski definition) is 3. The average Bonchev–Trinajstić information content (AvgIpc) is 3.14. The highest BCUT2D eigenvalue weighted by atomic mass is 19.4. The number of carbonyl (C=O) groups is 2. The van der Waals surface area contributed by atoms with Crippen LogP contribution in [0.4, 0.5) is 18.0 Å². The van der Waals surface area contributed by atoms with E-state index in [1.807, 2.05) is 19.1 Å². The van der Waals surface area contributed by atoms with Crippen LogP contribution in [-0.4, -0.2) is 34.6 Å². The van der Waals surface area contributed by atoms with E-state index in [-0.39, 0.29) is 30.5 Å². The van der Waals surface area contributed by atoms with Gasteiger partial charge >= 0.3 is 12.3 Å². The normalized spacial score (nSPS) is 29.8. The van der Waals surface area contributed by atoms with Gasteiger partial charge in [0.25, 0.3) is 0 Å². The first-order chi connectivity index (χ1) is 14.3. The lowest BCUT2D eigenvalue weighted by Gasteiger charge is -2.33. The fraction of sp³-hybridized carbons (Fsp3) is 0.565.